The van der Waals surface area contributed by atoms with E-state index < -0.39 is 5.97 Å². The molecule has 0 saturated carbocycles. The number of amides is 1. The zero-order chi connectivity index (χ0) is 21.9. The van der Waals surface area contributed by atoms with Gasteiger partial charge in [-0.15, -0.1) is 0 Å². The lowest BCUT2D eigenvalue weighted by atomic mass is 10.0. The van der Waals surface area contributed by atoms with Crippen molar-refractivity contribution in [3.8, 4) is 5.75 Å². The molecule has 0 bridgehead atoms. The minimum absolute atomic E-state index is 0.0492. The average Bonchev–Trinajstić information content (AvgIpc) is 2.77. The second-order valence-corrected chi connectivity index (χ2v) is 7.35. The van der Waals surface area contributed by atoms with Crippen molar-refractivity contribution in [2.24, 2.45) is 5.16 Å². The van der Waals surface area contributed by atoms with Gasteiger partial charge in [0.1, 0.15) is 5.75 Å². The van der Waals surface area contributed by atoms with Gasteiger partial charge < -0.3 is 19.6 Å². The molecule has 2 aliphatic heterocycles. The van der Waals surface area contributed by atoms with Crippen LogP contribution in [0.25, 0.3) is 0 Å². The molecule has 1 amide bonds. The van der Waals surface area contributed by atoms with Crippen molar-refractivity contribution in [1.82, 2.24) is 4.90 Å². The van der Waals surface area contributed by atoms with Crippen LogP contribution in [-0.4, -0.2) is 53.9 Å². The number of phenolic OH excluding ortho intramolecular Hbond substituents is 1. The lowest BCUT2D eigenvalue weighted by molar-refractivity contribution is -0.135. The first-order chi connectivity index (χ1) is 15.1. The van der Waals surface area contributed by atoms with Crippen LogP contribution in [0.2, 0.25) is 0 Å². The summed E-state index contributed by atoms with van der Waals surface area (Å²) in [6, 6.07) is 4.53. The number of hydrogen-bond donors (Lipinski definition) is 1. The minimum atomic E-state index is -0.446. The van der Waals surface area contributed by atoms with Crippen LogP contribution in [0.5, 0.6) is 5.75 Å². The Kier molecular flexibility index (Phi) is 8.46. The van der Waals surface area contributed by atoms with Crippen molar-refractivity contribution in [2.45, 2.75) is 32.1 Å². The smallest absolute Gasteiger partial charge is 0.338 e. The van der Waals surface area contributed by atoms with Gasteiger partial charge in [-0.2, -0.15) is 0 Å². The van der Waals surface area contributed by atoms with E-state index in [2.05, 4.69) is 17.3 Å². The molecule has 1 N–H and O–H groups in total. The lowest BCUT2D eigenvalue weighted by Gasteiger charge is -2.22. The number of hydrogen-bond acceptors (Lipinski definition) is 6. The third-order valence-corrected chi connectivity index (χ3v) is 4.96. The van der Waals surface area contributed by atoms with Crippen LogP contribution in [-0.2, 0) is 20.8 Å². The van der Waals surface area contributed by atoms with Gasteiger partial charge in [0.2, 0.25) is 0 Å². The van der Waals surface area contributed by atoms with Crippen molar-refractivity contribution >= 4 is 17.6 Å². The third-order valence-electron chi connectivity index (χ3n) is 4.96. The van der Waals surface area contributed by atoms with Gasteiger partial charge in [-0.3, -0.25) is 4.79 Å². The van der Waals surface area contributed by atoms with Crippen molar-refractivity contribution < 1.29 is 24.3 Å². The topological polar surface area (TPSA) is 88.4 Å². The summed E-state index contributed by atoms with van der Waals surface area (Å²) in [4.78, 5) is 31.9. The summed E-state index contributed by atoms with van der Waals surface area (Å²) < 4.78 is 5.35. The van der Waals surface area contributed by atoms with E-state index in [1.54, 1.807) is 11.0 Å². The van der Waals surface area contributed by atoms with E-state index in [1.807, 2.05) is 24.3 Å². The Labute approximate surface area is 182 Å². The Morgan fingerprint density at radius 3 is 2.74 bits per heavy atom. The first kappa shape index (κ1) is 22.3. The Morgan fingerprint density at radius 1 is 1.10 bits per heavy atom. The molecule has 0 fully saturated rings. The van der Waals surface area contributed by atoms with Gasteiger partial charge in [0.15, 0.2) is 6.61 Å². The molecule has 1 aromatic carbocycles. The second-order valence-electron chi connectivity index (χ2n) is 7.35. The fraction of sp³-hybridized carbons (Fsp3) is 0.375. The lowest BCUT2D eigenvalue weighted by Crippen LogP contribution is -2.36. The van der Waals surface area contributed by atoms with Gasteiger partial charge in [0.05, 0.1) is 17.9 Å². The Bertz CT molecular complexity index is 901. The molecule has 1 aromatic rings. The molecule has 31 heavy (non-hydrogen) atoms. The number of aromatic hydroxyl groups is 1. The van der Waals surface area contributed by atoms with Crippen LogP contribution >= 0.6 is 0 Å². The SMILES string of the molecule is O=C1OCC/C=C/CC/C=C/C(=N\OCC(=O)N2CC=CCC2)Cc2cc(O)ccc21. The monoisotopic (exact) mass is 424 g/mol. The van der Waals surface area contributed by atoms with Crippen LogP contribution < -0.4 is 0 Å². The molecule has 0 radical (unpaired) electrons. The van der Waals surface area contributed by atoms with Crippen LogP contribution in [0.4, 0.5) is 0 Å². The molecule has 0 spiro atoms. The fourth-order valence-corrected chi connectivity index (χ4v) is 3.32. The Balaban J connectivity index is 1.76. The zero-order valence-electron chi connectivity index (χ0n) is 17.5. The Hall–Kier alpha value is -3.35. The van der Waals surface area contributed by atoms with E-state index in [0.717, 1.165) is 19.3 Å². The molecule has 0 aliphatic carbocycles. The van der Waals surface area contributed by atoms with E-state index in [9.17, 15) is 14.7 Å². The van der Waals surface area contributed by atoms with Crippen LogP contribution in [0.15, 0.2) is 59.8 Å². The maximum absolute atomic E-state index is 12.5. The largest absolute Gasteiger partial charge is 0.508 e. The van der Waals surface area contributed by atoms with Crippen molar-refractivity contribution in [2.75, 3.05) is 26.3 Å². The number of nitrogens with zero attached hydrogens (tertiary/aromatic N) is 2. The van der Waals surface area contributed by atoms with E-state index in [-0.39, 0.29) is 24.7 Å². The number of phenols is 1. The predicted octanol–water partition coefficient (Wildman–Crippen LogP) is 3.55. The first-order valence-corrected chi connectivity index (χ1v) is 10.6. The molecule has 0 atom stereocenters. The number of oxime groups is 1. The number of benzene rings is 1. The highest BCUT2D eigenvalue weighted by Gasteiger charge is 2.16. The van der Waals surface area contributed by atoms with Crippen LogP contribution in [0.1, 0.15) is 41.6 Å². The van der Waals surface area contributed by atoms with Crippen molar-refractivity contribution in [3.63, 3.8) is 0 Å². The number of carbonyl (C=O) groups excluding carboxylic acids is 2. The molecule has 0 aromatic heterocycles. The number of allylic oxidation sites excluding steroid dienone is 3. The number of ether oxygens (including phenoxy) is 1. The number of carbonyl (C=O) groups is 2. The summed E-state index contributed by atoms with van der Waals surface area (Å²) >= 11 is 0. The van der Waals surface area contributed by atoms with Crippen molar-refractivity contribution in [3.05, 3.63) is 65.8 Å². The second kappa shape index (κ2) is 11.7. The zero-order valence-corrected chi connectivity index (χ0v) is 17.5. The van der Waals surface area contributed by atoms with Gasteiger partial charge >= 0.3 is 5.97 Å². The molecular formula is C24H28N2O5. The molecule has 7 nitrogen and oxygen atoms in total. The summed E-state index contributed by atoms with van der Waals surface area (Å²) in [5, 5.41) is 14.1. The van der Waals surface area contributed by atoms with Gasteiger partial charge in [0, 0.05) is 19.5 Å². The molecule has 0 saturated heterocycles. The van der Waals surface area contributed by atoms with Gasteiger partial charge in [-0.05, 0) is 55.5 Å². The van der Waals surface area contributed by atoms with E-state index in [1.165, 1.54) is 12.1 Å². The fourth-order valence-electron chi connectivity index (χ4n) is 3.32. The van der Waals surface area contributed by atoms with Gasteiger partial charge in [-0.1, -0.05) is 35.5 Å². The summed E-state index contributed by atoms with van der Waals surface area (Å²) in [7, 11) is 0. The number of fused-ring (bicyclic) bond motifs is 1. The van der Waals surface area contributed by atoms with Crippen LogP contribution in [0.3, 0.4) is 0 Å². The number of cyclic esters (lactones) is 1. The standard InChI is InChI=1S/C24H28N2O5/c27-21-11-12-22-19(17-21)16-20(10-6-3-1-2-4-9-15-30-24(22)29)25-31-18-23(28)26-13-7-5-8-14-26/h2,4-7,10-12,17,27H,1,3,8-9,13-16,18H2/b4-2+,10-6+,25-20+. The molecule has 7 heteroatoms. The van der Waals surface area contributed by atoms with Crippen LogP contribution in [0, 0.1) is 0 Å². The molecule has 3 rings (SSSR count). The van der Waals surface area contributed by atoms with Gasteiger partial charge in [-0.25, -0.2) is 4.79 Å². The molecule has 2 heterocycles. The maximum atomic E-state index is 12.5. The average molecular weight is 424 g/mol. The number of rotatable bonds is 3. The molecular weight excluding hydrogens is 396 g/mol. The highest BCUT2D eigenvalue weighted by Crippen LogP contribution is 2.19. The summed E-state index contributed by atoms with van der Waals surface area (Å²) in [5.74, 6) is -0.517. The molecule has 164 valence electrons. The quantitative estimate of drug-likeness (QED) is 0.455. The van der Waals surface area contributed by atoms with E-state index in [4.69, 9.17) is 9.57 Å². The molecule has 2 aliphatic rings. The normalized spacial score (nSPS) is 21.0. The van der Waals surface area contributed by atoms with Crippen molar-refractivity contribution in [1.29, 1.82) is 0 Å². The van der Waals surface area contributed by atoms with E-state index >= 15 is 0 Å². The molecule has 0 unspecified atom stereocenters. The summed E-state index contributed by atoms with van der Waals surface area (Å²) in [5.41, 5.74) is 1.50. The third kappa shape index (κ3) is 7.13. The summed E-state index contributed by atoms with van der Waals surface area (Å²) in [6.07, 6.45) is 15.3. The van der Waals surface area contributed by atoms with E-state index in [0.29, 0.717) is 43.0 Å². The first-order valence-electron chi connectivity index (χ1n) is 10.6. The highest BCUT2D eigenvalue weighted by molar-refractivity contribution is 5.99. The number of esters is 1. The predicted molar refractivity (Wildman–Crippen MR) is 118 cm³/mol. The minimum Gasteiger partial charge on any atom is -0.508 e. The van der Waals surface area contributed by atoms with Gasteiger partial charge in [0.25, 0.3) is 5.91 Å². The highest BCUT2D eigenvalue weighted by atomic mass is 16.6. The maximum Gasteiger partial charge on any atom is 0.338 e. The Morgan fingerprint density at radius 2 is 1.90 bits per heavy atom. The summed E-state index contributed by atoms with van der Waals surface area (Å²) in [6.45, 7) is 1.41.